The molecular weight excluding hydrogens is 348 g/mol. The lowest BCUT2D eigenvalue weighted by Gasteiger charge is -2.76. The second-order valence-corrected chi connectivity index (χ2v) is 14.4. The number of hydrogen-bond donors (Lipinski definition) is 0. The minimum absolute atomic E-state index is 0.389. The highest BCUT2D eigenvalue weighted by molar-refractivity contribution is 5.19. The van der Waals surface area contributed by atoms with Crippen LogP contribution < -0.4 is 0 Å². The monoisotopic (exact) mass is 402 g/mol. The summed E-state index contributed by atoms with van der Waals surface area (Å²) in [6.45, 7) is 36.6. The van der Waals surface area contributed by atoms with Crippen LogP contribution >= 0.6 is 0 Å². The Morgan fingerprint density at radius 2 is 1.21 bits per heavy atom. The third-order valence-corrected chi connectivity index (χ3v) is 14.0. The fourth-order valence-corrected chi connectivity index (χ4v) is 10.4. The SMILES string of the molecule is CC1C(C)C(C)(C(C)C)C(C)[C@]2(C)CCC3C(C)(C)C(C)(C)C(C)C(C)[C@]3(C)C12. The molecule has 0 saturated heterocycles. The summed E-state index contributed by atoms with van der Waals surface area (Å²) in [4.78, 5) is 0. The van der Waals surface area contributed by atoms with Gasteiger partial charge in [0, 0.05) is 0 Å². The number of hydrogen-bond acceptors (Lipinski definition) is 0. The van der Waals surface area contributed by atoms with E-state index >= 15 is 0 Å². The van der Waals surface area contributed by atoms with Crippen molar-refractivity contribution in [2.24, 2.45) is 74.4 Å². The molecule has 0 amide bonds. The molecule has 29 heavy (non-hydrogen) atoms. The highest BCUT2D eigenvalue weighted by atomic mass is 14.8. The zero-order chi connectivity index (χ0) is 22.5. The summed E-state index contributed by atoms with van der Waals surface area (Å²) in [5.41, 5.74) is 2.12. The van der Waals surface area contributed by atoms with Gasteiger partial charge in [0.25, 0.3) is 0 Å². The van der Waals surface area contributed by atoms with Crippen LogP contribution in [0.15, 0.2) is 0 Å². The molecule has 0 N–H and O–H groups in total. The van der Waals surface area contributed by atoms with Crippen molar-refractivity contribution < 1.29 is 0 Å². The Labute approximate surface area is 184 Å². The minimum atomic E-state index is 0.389. The van der Waals surface area contributed by atoms with Crippen LogP contribution in [0.1, 0.15) is 110 Å². The van der Waals surface area contributed by atoms with Crippen molar-refractivity contribution in [2.45, 2.75) is 110 Å². The Morgan fingerprint density at radius 3 is 1.69 bits per heavy atom. The van der Waals surface area contributed by atoms with Gasteiger partial charge in [0.1, 0.15) is 0 Å². The summed E-state index contributed by atoms with van der Waals surface area (Å²) in [6, 6.07) is 0. The summed E-state index contributed by atoms with van der Waals surface area (Å²) >= 11 is 0. The maximum absolute atomic E-state index is 2.76. The quantitative estimate of drug-likeness (QED) is 0.410. The van der Waals surface area contributed by atoms with Crippen LogP contribution in [0, 0.1) is 74.4 Å². The van der Waals surface area contributed by atoms with Crippen LogP contribution in [0.4, 0.5) is 0 Å². The van der Waals surface area contributed by atoms with Crippen LogP contribution in [0.5, 0.6) is 0 Å². The van der Waals surface area contributed by atoms with Crippen molar-refractivity contribution in [3.63, 3.8) is 0 Å². The lowest BCUT2D eigenvalue weighted by Crippen LogP contribution is -2.70. The molecule has 0 spiro atoms. The van der Waals surface area contributed by atoms with Gasteiger partial charge < -0.3 is 0 Å². The van der Waals surface area contributed by atoms with Gasteiger partial charge in [0.2, 0.25) is 0 Å². The van der Waals surface area contributed by atoms with Gasteiger partial charge >= 0.3 is 0 Å². The summed E-state index contributed by atoms with van der Waals surface area (Å²) in [7, 11) is 0. The Kier molecular flexibility index (Phi) is 5.31. The first-order valence-corrected chi connectivity index (χ1v) is 12.9. The van der Waals surface area contributed by atoms with Gasteiger partial charge in [-0.1, -0.05) is 96.9 Å². The molecule has 0 nitrogen and oxygen atoms in total. The minimum Gasteiger partial charge on any atom is -0.0622 e. The summed E-state index contributed by atoms with van der Waals surface area (Å²) in [6.07, 6.45) is 2.86. The highest BCUT2D eigenvalue weighted by Gasteiger charge is 2.71. The third-order valence-electron chi connectivity index (χ3n) is 14.0. The molecule has 3 aliphatic carbocycles. The molecule has 10 atom stereocenters. The zero-order valence-corrected chi connectivity index (χ0v) is 22.5. The highest BCUT2D eigenvalue weighted by Crippen LogP contribution is 2.77. The van der Waals surface area contributed by atoms with Gasteiger partial charge in [-0.3, -0.25) is 0 Å². The fourth-order valence-electron chi connectivity index (χ4n) is 10.4. The van der Waals surface area contributed by atoms with Crippen LogP contribution in [0.3, 0.4) is 0 Å². The van der Waals surface area contributed by atoms with E-state index in [1.807, 2.05) is 0 Å². The van der Waals surface area contributed by atoms with Gasteiger partial charge in [-0.2, -0.15) is 0 Å². The maximum atomic E-state index is 2.76. The second-order valence-electron chi connectivity index (χ2n) is 14.4. The molecule has 0 bridgehead atoms. The lowest BCUT2D eigenvalue weighted by molar-refractivity contribution is -0.280. The largest absolute Gasteiger partial charge is 0.0622 e. The first kappa shape index (κ1) is 23.7. The Morgan fingerprint density at radius 1 is 0.690 bits per heavy atom. The Bertz CT molecular complexity index is 640. The maximum Gasteiger partial charge on any atom is -0.0228 e. The standard InChI is InChI=1S/C29H54/c1-17(2)28(13)19(4)18(3)24-27(12,22(28)7)16-15-23-26(10,11)25(8,9)20(5)21(6)29(23,24)14/h17-24H,15-16H2,1-14H3/t18?,19?,20?,21?,22?,23?,24?,27-,28?,29-/m0/s1. The van der Waals surface area contributed by atoms with E-state index in [1.165, 1.54) is 12.8 Å². The van der Waals surface area contributed by atoms with Crippen molar-refractivity contribution in [3.8, 4) is 0 Å². The Balaban J connectivity index is 2.21. The van der Waals surface area contributed by atoms with E-state index < -0.39 is 0 Å². The molecule has 3 fully saturated rings. The molecule has 3 aliphatic rings. The van der Waals surface area contributed by atoms with Crippen molar-refractivity contribution >= 4 is 0 Å². The first-order chi connectivity index (χ1) is 12.9. The average molecular weight is 403 g/mol. The topological polar surface area (TPSA) is 0 Å². The molecule has 0 aromatic carbocycles. The van der Waals surface area contributed by atoms with Gasteiger partial charge in [-0.05, 0) is 87.3 Å². The number of rotatable bonds is 1. The molecule has 8 unspecified atom stereocenters. The van der Waals surface area contributed by atoms with E-state index in [0.717, 1.165) is 47.3 Å². The van der Waals surface area contributed by atoms with Crippen molar-refractivity contribution in [2.75, 3.05) is 0 Å². The second kappa shape index (κ2) is 6.51. The van der Waals surface area contributed by atoms with Crippen molar-refractivity contribution in [1.82, 2.24) is 0 Å². The van der Waals surface area contributed by atoms with E-state index in [0.29, 0.717) is 27.1 Å². The average Bonchev–Trinajstić information content (AvgIpc) is 2.62. The van der Waals surface area contributed by atoms with Gasteiger partial charge in [0.15, 0.2) is 0 Å². The molecule has 3 saturated carbocycles. The molecule has 3 rings (SSSR count). The number of fused-ring (bicyclic) bond motifs is 3. The van der Waals surface area contributed by atoms with E-state index in [9.17, 15) is 0 Å². The van der Waals surface area contributed by atoms with E-state index in [2.05, 4.69) is 96.9 Å². The molecule has 170 valence electrons. The molecule has 0 heteroatoms. The van der Waals surface area contributed by atoms with Gasteiger partial charge in [0.05, 0.1) is 0 Å². The fraction of sp³-hybridized carbons (Fsp3) is 1.00. The molecule has 0 aromatic heterocycles. The van der Waals surface area contributed by atoms with Crippen LogP contribution in [0.25, 0.3) is 0 Å². The van der Waals surface area contributed by atoms with Crippen molar-refractivity contribution in [1.29, 1.82) is 0 Å². The van der Waals surface area contributed by atoms with Gasteiger partial charge in [-0.25, -0.2) is 0 Å². The first-order valence-electron chi connectivity index (χ1n) is 12.9. The zero-order valence-electron chi connectivity index (χ0n) is 22.5. The smallest absolute Gasteiger partial charge is 0.0228 e. The van der Waals surface area contributed by atoms with Crippen LogP contribution in [0.2, 0.25) is 0 Å². The molecular formula is C29H54. The summed E-state index contributed by atoms with van der Waals surface area (Å²) in [5, 5.41) is 0. The third kappa shape index (κ3) is 2.50. The molecule has 0 aromatic rings. The predicted octanol–water partition coefficient (Wildman–Crippen LogP) is 8.95. The van der Waals surface area contributed by atoms with Gasteiger partial charge in [-0.15, -0.1) is 0 Å². The molecule has 0 heterocycles. The predicted molar refractivity (Wildman–Crippen MR) is 129 cm³/mol. The van der Waals surface area contributed by atoms with E-state index in [-0.39, 0.29) is 0 Å². The molecule has 0 radical (unpaired) electrons. The Hall–Kier alpha value is 0. The summed E-state index contributed by atoms with van der Waals surface area (Å²) < 4.78 is 0. The van der Waals surface area contributed by atoms with Crippen LogP contribution in [-0.2, 0) is 0 Å². The molecule has 0 aliphatic heterocycles. The van der Waals surface area contributed by atoms with E-state index in [4.69, 9.17) is 0 Å². The summed E-state index contributed by atoms with van der Waals surface area (Å²) in [5.74, 6) is 6.32. The van der Waals surface area contributed by atoms with Crippen LogP contribution in [-0.4, -0.2) is 0 Å². The van der Waals surface area contributed by atoms with Crippen molar-refractivity contribution in [3.05, 3.63) is 0 Å². The van der Waals surface area contributed by atoms with E-state index in [1.54, 1.807) is 0 Å². The normalized spacial score (nSPS) is 56.6. The lowest BCUT2D eigenvalue weighted by atomic mass is 9.29.